The van der Waals surface area contributed by atoms with E-state index in [-0.39, 0.29) is 22.9 Å². The van der Waals surface area contributed by atoms with Crippen molar-refractivity contribution in [2.45, 2.75) is 30.7 Å². The lowest BCUT2D eigenvalue weighted by Gasteiger charge is -2.27. The average molecular weight is 439 g/mol. The number of ether oxygens (including phenoxy) is 1. The van der Waals surface area contributed by atoms with Gasteiger partial charge in [-0.15, -0.1) is 0 Å². The quantitative estimate of drug-likeness (QED) is 0.632. The van der Waals surface area contributed by atoms with Gasteiger partial charge in [0, 0.05) is 19.6 Å². The lowest BCUT2D eigenvalue weighted by molar-refractivity contribution is 0.0720. The molecular weight excluding hydrogens is 412 g/mol. The summed E-state index contributed by atoms with van der Waals surface area (Å²) in [6.07, 6.45) is 3.02. The minimum Gasteiger partial charge on any atom is -0.496 e. The Morgan fingerprint density at radius 2 is 1.74 bits per heavy atom. The van der Waals surface area contributed by atoms with Gasteiger partial charge in [-0.2, -0.15) is 0 Å². The Bertz CT molecular complexity index is 1200. The first kappa shape index (κ1) is 21.3. The van der Waals surface area contributed by atoms with Crippen molar-refractivity contribution in [3.63, 3.8) is 0 Å². The summed E-state index contributed by atoms with van der Waals surface area (Å²) >= 11 is 0. The molecule has 1 saturated heterocycles. The maximum Gasteiger partial charge on any atom is 0.257 e. The number of hydrogen-bond donors (Lipinski definition) is 1. The van der Waals surface area contributed by atoms with Gasteiger partial charge in [0.25, 0.3) is 5.91 Å². The molecule has 1 aliphatic heterocycles. The van der Waals surface area contributed by atoms with E-state index in [9.17, 15) is 13.2 Å². The predicted octanol–water partition coefficient (Wildman–Crippen LogP) is 3.95. The Kier molecular flexibility index (Phi) is 6.25. The van der Waals surface area contributed by atoms with Crippen LogP contribution in [0.25, 0.3) is 10.8 Å². The number of nitrogens with zero attached hydrogens (tertiary/aromatic N) is 1. The fourth-order valence-corrected chi connectivity index (χ4v) is 5.02. The smallest absolute Gasteiger partial charge is 0.257 e. The number of methoxy groups -OCH3 is 1. The van der Waals surface area contributed by atoms with Crippen LogP contribution < -0.4 is 9.46 Å². The summed E-state index contributed by atoms with van der Waals surface area (Å²) in [6.45, 7) is 1.52. The molecule has 0 bridgehead atoms. The Hall–Kier alpha value is -2.90. The molecule has 1 heterocycles. The number of likely N-dealkylation sites (tertiary alicyclic amines) is 1. The van der Waals surface area contributed by atoms with E-state index >= 15 is 0 Å². The fraction of sp³-hybridized carbons (Fsp3) is 0.292. The number of hydrogen-bond acceptors (Lipinski definition) is 4. The van der Waals surface area contributed by atoms with Gasteiger partial charge in [0.2, 0.25) is 10.0 Å². The van der Waals surface area contributed by atoms with Crippen LogP contribution in [0, 0.1) is 0 Å². The highest BCUT2D eigenvalue weighted by Crippen LogP contribution is 2.26. The van der Waals surface area contributed by atoms with E-state index in [2.05, 4.69) is 4.72 Å². The maximum absolute atomic E-state index is 13.0. The zero-order chi connectivity index (χ0) is 21.8. The number of nitrogens with one attached hydrogen (secondary N) is 1. The summed E-state index contributed by atoms with van der Waals surface area (Å²) in [5.41, 5.74) is 1.16. The third-order valence-electron chi connectivity index (χ3n) is 5.69. The highest BCUT2D eigenvalue weighted by atomic mass is 32.2. The minimum absolute atomic E-state index is 0.0499. The minimum atomic E-state index is -3.82. The van der Waals surface area contributed by atoms with Crippen molar-refractivity contribution in [1.29, 1.82) is 0 Å². The second kappa shape index (κ2) is 9.08. The molecule has 0 atom stereocenters. The van der Waals surface area contributed by atoms with Crippen LogP contribution >= 0.6 is 0 Å². The van der Waals surface area contributed by atoms with Gasteiger partial charge in [0.15, 0.2) is 0 Å². The molecular formula is C24H26N2O4S. The van der Waals surface area contributed by atoms with Crippen molar-refractivity contribution in [2.24, 2.45) is 0 Å². The average Bonchev–Trinajstić information content (AvgIpc) is 2.82. The van der Waals surface area contributed by atoms with Crippen LogP contribution in [-0.2, 0) is 16.6 Å². The lowest BCUT2D eigenvalue weighted by atomic mass is 10.1. The van der Waals surface area contributed by atoms with Crippen molar-refractivity contribution >= 4 is 26.7 Å². The lowest BCUT2D eigenvalue weighted by Crippen LogP contribution is -2.36. The van der Waals surface area contributed by atoms with Crippen molar-refractivity contribution in [3.8, 4) is 5.75 Å². The number of carbonyl (C=O) groups is 1. The summed E-state index contributed by atoms with van der Waals surface area (Å²) in [5, 5.41) is 2.06. The molecule has 3 aromatic carbocycles. The van der Waals surface area contributed by atoms with E-state index in [1.165, 1.54) is 19.2 Å². The summed E-state index contributed by atoms with van der Waals surface area (Å²) in [4.78, 5) is 14.8. The number of piperidine rings is 1. The molecule has 0 aromatic heterocycles. The molecule has 162 valence electrons. The van der Waals surface area contributed by atoms with Crippen molar-refractivity contribution < 1.29 is 17.9 Å². The van der Waals surface area contributed by atoms with Crippen molar-refractivity contribution in [3.05, 3.63) is 71.8 Å². The zero-order valence-corrected chi connectivity index (χ0v) is 18.3. The fourth-order valence-electron chi connectivity index (χ4n) is 3.99. The molecule has 0 unspecified atom stereocenters. The standard InChI is InChI=1S/C24H26N2O4S/c1-30-23-13-12-20(16-22(23)24(27)26-14-5-2-6-15-26)31(28,29)25-17-19-10-7-9-18-8-3-4-11-21(18)19/h3-4,7-13,16,25H,2,5-6,14-15,17H2,1H3. The van der Waals surface area contributed by atoms with Crippen LogP contribution in [0.4, 0.5) is 0 Å². The Morgan fingerprint density at radius 1 is 1.00 bits per heavy atom. The molecule has 1 N–H and O–H groups in total. The van der Waals surface area contributed by atoms with E-state index in [4.69, 9.17) is 4.74 Å². The van der Waals surface area contributed by atoms with E-state index in [0.29, 0.717) is 18.8 Å². The molecule has 7 heteroatoms. The molecule has 1 amide bonds. The molecule has 0 saturated carbocycles. The van der Waals surface area contributed by atoms with E-state index in [1.54, 1.807) is 11.0 Å². The SMILES string of the molecule is COc1ccc(S(=O)(=O)NCc2cccc3ccccc23)cc1C(=O)N1CCCCC1. The molecule has 3 aromatic rings. The number of fused-ring (bicyclic) bond motifs is 1. The Labute approximate surface area is 182 Å². The number of sulfonamides is 1. The summed E-state index contributed by atoms with van der Waals surface area (Å²) in [5.74, 6) is 0.186. The van der Waals surface area contributed by atoms with Gasteiger partial charge in [-0.3, -0.25) is 4.79 Å². The van der Waals surface area contributed by atoms with Gasteiger partial charge in [0.1, 0.15) is 5.75 Å². The van der Waals surface area contributed by atoms with Crippen LogP contribution in [-0.4, -0.2) is 39.4 Å². The van der Waals surface area contributed by atoms with E-state index in [0.717, 1.165) is 35.6 Å². The molecule has 0 aliphatic carbocycles. The maximum atomic E-state index is 13.0. The van der Waals surface area contributed by atoms with E-state index in [1.807, 2.05) is 42.5 Å². The first-order valence-corrected chi connectivity index (χ1v) is 11.9. The van der Waals surface area contributed by atoms with Crippen LogP contribution in [0.1, 0.15) is 35.2 Å². The number of amides is 1. The molecule has 0 spiro atoms. The topological polar surface area (TPSA) is 75.7 Å². The second-order valence-corrected chi connectivity index (χ2v) is 9.44. The summed E-state index contributed by atoms with van der Waals surface area (Å²) in [7, 11) is -2.33. The Morgan fingerprint density at radius 3 is 2.52 bits per heavy atom. The molecule has 4 rings (SSSR count). The van der Waals surface area contributed by atoms with Crippen molar-refractivity contribution in [1.82, 2.24) is 9.62 Å². The van der Waals surface area contributed by atoms with Gasteiger partial charge < -0.3 is 9.64 Å². The van der Waals surface area contributed by atoms with Gasteiger partial charge in [-0.05, 0) is 53.8 Å². The molecule has 1 fully saturated rings. The van der Waals surface area contributed by atoms with Gasteiger partial charge in [0.05, 0.1) is 17.6 Å². The molecule has 1 aliphatic rings. The van der Waals surface area contributed by atoms with Gasteiger partial charge in [-0.1, -0.05) is 42.5 Å². The third kappa shape index (κ3) is 4.57. The molecule has 6 nitrogen and oxygen atoms in total. The number of benzene rings is 3. The highest BCUT2D eigenvalue weighted by molar-refractivity contribution is 7.89. The van der Waals surface area contributed by atoms with Gasteiger partial charge >= 0.3 is 0 Å². The summed E-state index contributed by atoms with van der Waals surface area (Å²) < 4.78 is 34.0. The van der Waals surface area contributed by atoms with E-state index < -0.39 is 10.0 Å². The number of carbonyl (C=O) groups excluding carboxylic acids is 1. The highest BCUT2D eigenvalue weighted by Gasteiger charge is 2.24. The monoisotopic (exact) mass is 438 g/mol. The van der Waals surface area contributed by atoms with Gasteiger partial charge in [-0.25, -0.2) is 13.1 Å². The second-order valence-electron chi connectivity index (χ2n) is 7.68. The molecule has 0 radical (unpaired) electrons. The van der Waals surface area contributed by atoms with Crippen LogP contribution in [0.5, 0.6) is 5.75 Å². The van der Waals surface area contributed by atoms with Crippen LogP contribution in [0.2, 0.25) is 0 Å². The molecule has 31 heavy (non-hydrogen) atoms. The number of rotatable bonds is 6. The summed E-state index contributed by atoms with van der Waals surface area (Å²) in [6, 6.07) is 18.1. The largest absolute Gasteiger partial charge is 0.496 e. The normalized spacial score (nSPS) is 14.5. The first-order valence-electron chi connectivity index (χ1n) is 10.4. The Balaban J connectivity index is 1.59. The van der Waals surface area contributed by atoms with Crippen molar-refractivity contribution in [2.75, 3.05) is 20.2 Å². The van der Waals surface area contributed by atoms with Crippen LogP contribution in [0.15, 0.2) is 65.6 Å². The van der Waals surface area contributed by atoms with Crippen LogP contribution in [0.3, 0.4) is 0 Å². The first-order chi connectivity index (χ1) is 15.0. The zero-order valence-electron chi connectivity index (χ0n) is 17.5. The predicted molar refractivity (Wildman–Crippen MR) is 121 cm³/mol. The third-order valence-corrected chi connectivity index (χ3v) is 7.09.